The molecule has 7 heteroatoms. The van der Waals surface area contributed by atoms with Crippen molar-refractivity contribution in [2.45, 2.75) is 38.4 Å². The average molecular weight is 282 g/mol. The first-order valence-corrected chi connectivity index (χ1v) is 7.87. The Balaban J connectivity index is 1.76. The maximum Gasteiger partial charge on any atom is 0.321 e. The molecule has 0 aromatic carbocycles. The zero-order valence-electron chi connectivity index (χ0n) is 10.8. The second-order valence-corrected chi connectivity index (χ2v) is 6.19. The smallest absolute Gasteiger partial charge is 0.321 e. The summed E-state index contributed by atoms with van der Waals surface area (Å²) in [6.45, 7) is 2.38. The summed E-state index contributed by atoms with van der Waals surface area (Å²) in [7, 11) is 0. The summed E-state index contributed by atoms with van der Waals surface area (Å²) >= 11 is 1.71. The number of aromatic nitrogens is 3. The SMILES string of the molecule is O=C(O)C1CSCCN1Cc1nnc2n1CCCC2. The molecule has 6 nitrogen and oxygen atoms in total. The molecule has 0 amide bonds. The number of carboxylic acid groups (broad SMARTS) is 1. The van der Waals surface area contributed by atoms with E-state index in [0.717, 1.165) is 43.3 Å². The van der Waals surface area contributed by atoms with Crippen molar-refractivity contribution < 1.29 is 9.90 Å². The van der Waals surface area contributed by atoms with Crippen LogP contribution in [-0.2, 0) is 24.3 Å². The third-order valence-corrected chi connectivity index (χ3v) is 4.83. The standard InChI is InChI=1S/C12H18N4O2S/c17-12(18)9-8-19-6-5-15(9)7-11-14-13-10-3-1-2-4-16(10)11/h9H,1-8H2,(H,17,18). The predicted octanol–water partition coefficient (Wildman–Crippen LogP) is 0.616. The van der Waals surface area contributed by atoms with Gasteiger partial charge in [-0.3, -0.25) is 9.69 Å². The number of nitrogens with zero attached hydrogens (tertiary/aromatic N) is 4. The van der Waals surface area contributed by atoms with Crippen molar-refractivity contribution in [2.75, 3.05) is 18.1 Å². The van der Waals surface area contributed by atoms with Crippen molar-refractivity contribution in [2.24, 2.45) is 0 Å². The molecule has 0 saturated carbocycles. The molecule has 0 spiro atoms. The van der Waals surface area contributed by atoms with E-state index in [1.807, 2.05) is 4.90 Å². The van der Waals surface area contributed by atoms with Gasteiger partial charge in [-0.15, -0.1) is 10.2 Å². The number of aliphatic carboxylic acids is 1. The summed E-state index contributed by atoms with van der Waals surface area (Å²) in [6, 6.07) is -0.393. The molecule has 2 aliphatic heterocycles. The summed E-state index contributed by atoms with van der Waals surface area (Å²) in [5.74, 6) is 2.90. The molecule has 1 aromatic rings. The Morgan fingerprint density at radius 3 is 3.11 bits per heavy atom. The van der Waals surface area contributed by atoms with Gasteiger partial charge in [0.15, 0.2) is 0 Å². The van der Waals surface area contributed by atoms with Gasteiger partial charge in [0.2, 0.25) is 0 Å². The minimum Gasteiger partial charge on any atom is -0.480 e. The van der Waals surface area contributed by atoms with E-state index in [2.05, 4.69) is 14.8 Å². The molecule has 3 rings (SSSR count). The van der Waals surface area contributed by atoms with Gasteiger partial charge in [0.05, 0.1) is 6.54 Å². The predicted molar refractivity (Wildman–Crippen MR) is 72.1 cm³/mol. The molecule has 1 unspecified atom stereocenters. The van der Waals surface area contributed by atoms with Gasteiger partial charge >= 0.3 is 5.97 Å². The van der Waals surface area contributed by atoms with Crippen LogP contribution in [0.25, 0.3) is 0 Å². The Labute approximate surface area is 116 Å². The van der Waals surface area contributed by atoms with Crippen LogP contribution in [-0.4, -0.2) is 54.8 Å². The first kappa shape index (κ1) is 12.9. The van der Waals surface area contributed by atoms with Crippen LogP contribution >= 0.6 is 11.8 Å². The van der Waals surface area contributed by atoms with Gasteiger partial charge < -0.3 is 9.67 Å². The van der Waals surface area contributed by atoms with Crippen LogP contribution in [0.4, 0.5) is 0 Å². The third-order valence-electron chi connectivity index (χ3n) is 3.81. The molecule has 1 saturated heterocycles. The molecule has 1 aromatic heterocycles. The highest BCUT2D eigenvalue weighted by atomic mass is 32.2. The highest BCUT2D eigenvalue weighted by molar-refractivity contribution is 7.99. The quantitative estimate of drug-likeness (QED) is 0.876. The molecule has 0 bridgehead atoms. The Kier molecular flexibility index (Phi) is 3.74. The topological polar surface area (TPSA) is 71.2 Å². The molecule has 0 radical (unpaired) electrons. The van der Waals surface area contributed by atoms with Crippen LogP contribution in [0.3, 0.4) is 0 Å². The van der Waals surface area contributed by atoms with Crippen molar-refractivity contribution in [3.8, 4) is 0 Å². The van der Waals surface area contributed by atoms with Gasteiger partial charge in [0, 0.05) is 31.0 Å². The van der Waals surface area contributed by atoms with Gasteiger partial charge in [-0.05, 0) is 12.8 Å². The molecule has 1 atom stereocenters. The van der Waals surface area contributed by atoms with E-state index >= 15 is 0 Å². The zero-order chi connectivity index (χ0) is 13.2. The Morgan fingerprint density at radius 2 is 2.26 bits per heavy atom. The van der Waals surface area contributed by atoms with Crippen molar-refractivity contribution in [3.63, 3.8) is 0 Å². The summed E-state index contributed by atoms with van der Waals surface area (Å²) in [5.41, 5.74) is 0. The normalized spacial score (nSPS) is 24.1. The molecule has 3 heterocycles. The summed E-state index contributed by atoms with van der Waals surface area (Å²) in [6.07, 6.45) is 3.33. The first-order valence-electron chi connectivity index (χ1n) is 6.71. The van der Waals surface area contributed by atoms with Crippen molar-refractivity contribution in [1.29, 1.82) is 0 Å². The van der Waals surface area contributed by atoms with E-state index < -0.39 is 12.0 Å². The number of carboxylic acids is 1. The monoisotopic (exact) mass is 282 g/mol. The van der Waals surface area contributed by atoms with Gasteiger partial charge in [-0.1, -0.05) is 0 Å². The third kappa shape index (κ3) is 2.62. The van der Waals surface area contributed by atoms with E-state index in [1.54, 1.807) is 11.8 Å². The molecule has 2 aliphatic rings. The lowest BCUT2D eigenvalue weighted by Crippen LogP contribution is -2.47. The lowest BCUT2D eigenvalue weighted by Gasteiger charge is -2.32. The highest BCUT2D eigenvalue weighted by Gasteiger charge is 2.30. The van der Waals surface area contributed by atoms with E-state index in [4.69, 9.17) is 0 Å². The van der Waals surface area contributed by atoms with E-state index in [-0.39, 0.29) is 0 Å². The van der Waals surface area contributed by atoms with E-state index in [9.17, 15) is 9.90 Å². The van der Waals surface area contributed by atoms with E-state index in [1.165, 1.54) is 6.42 Å². The van der Waals surface area contributed by atoms with Crippen molar-refractivity contribution in [3.05, 3.63) is 11.6 Å². The van der Waals surface area contributed by atoms with Crippen molar-refractivity contribution in [1.82, 2.24) is 19.7 Å². The fourth-order valence-electron chi connectivity index (χ4n) is 2.72. The van der Waals surface area contributed by atoms with Crippen molar-refractivity contribution >= 4 is 17.7 Å². The summed E-state index contributed by atoms with van der Waals surface area (Å²) in [5, 5.41) is 17.8. The molecule has 104 valence electrons. The fourth-order valence-corrected chi connectivity index (χ4v) is 3.83. The number of fused-ring (bicyclic) bond motifs is 1. The second kappa shape index (κ2) is 5.50. The Hall–Kier alpha value is -1.08. The first-order chi connectivity index (χ1) is 9.25. The number of hydrogen-bond donors (Lipinski definition) is 1. The Morgan fingerprint density at radius 1 is 1.37 bits per heavy atom. The van der Waals surface area contributed by atoms with Gasteiger partial charge in [-0.2, -0.15) is 11.8 Å². The maximum atomic E-state index is 11.3. The molecule has 1 N–H and O–H groups in total. The summed E-state index contributed by atoms with van der Waals surface area (Å²) in [4.78, 5) is 13.3. The van der Waals surface area contributed by atoms with Crippen LogP contribution in [0.1, 0.15) is 24.5 Å². The molecular weight excluding hydrogens is 264 g/mol. The van der Waals surface area contributed by atoms with E-state index in [0.29, 0.717) is 12.3 Å². The van der Waals surface area contributed by atoms with Crippen LogP contribution < -0.4 is 0 Å². The lowest BCUT2D eigenvalue weighted by molar-refractivity contribution is -0.142. The van der Waals surface area contributed by atoms with Crippen LogP contribution in [0, 0.1) is 0 Å². The number of carbonyl (C=O) groups is 1. The average Bonchev–Trinajstić information content (AvgIpc) is 2.83. The van der Waals surface area contributed by atoms with Crippen LogP contribution in [0.2, 0.25) is 0 Å². The summed E-state index contributed by atoms with van der Waals surface area (Å²) < 4.78 is 2.17. The fraction of sp³-hybridized carbons (Fsp3) is 0.750. The van der Waals surface area contributed by atoms with Gasteiger partial charge in [0.25, 0.3) is 0 Å². The van der Waals surface area contributed by atoms with Gasteiger partial charge in [-0.25, -0.2) is 0 Å². The number of aryl methyl sites for hydroxylation is 1. The van der Waals surface area contributed by atoms with Crippen LogP contribution in [0.5, 0.6) is 0 Å². The highest BCUT2D eigenvalue weighted by Crippen LogP contribution is 2.21. The number of thioether (sulfide) groups is 1. The van der Waals surface area contributed by atoms with Crippen LogP contribution in [0.15, 0.2) is 0 Å². The number of hydrogen-bond acceptors (Lipinski definition) is 5. The molecule has 1 fully saturated rings. The Bertz CT molecular complexity index is 476. The largest absolute Gasteiger partial charge is 0.480 e. The lowest BCUT2D eigenvalue weighted by atomic mass is 10.1. The second-order valence-electron chi connectivity index (χ2n) is 5.04. The minimum absolute atomic E-state index is 0.393. The molecular formula is C12H18N4O2S. The number of rotatable bonds is 3. The van der Waals surface area contributed by atoms with Gasteiger partial charge in [0.1, 0.15) is 17.7 Å². The minimum atomic E-state index is -0.731. The maximum absolute atomic E-state index is 11.3. The molecule has 19 heavy (non-hydrogen) atoms. The molecule has 0 aliphatic carbocycles. The zero-order valence-corrected chi connectivity index (χ0v) is 11.6.